The molecule has 0 radical (unpaired) electrons. The molecule has 2 amide bonds. The first-order chi connectivity index (χ1) is 11.3. The average Bonchev–Trinajstić information content (AvgIpc) is 3.00. The van der Waals surface area contributed by atoms with Gasteiger partial charge in [-0.2, -0.15) is 4.98 Å². The lowest BCUT2D eigenvalue weighted by molar-refractivity contribution is 0.226. The van der Waals surface area contributed by atoms with E-state index < -0.39 is 0 Å². The van der Waals surface area contributed by atoms with Crippen LogP contribution in [0.2, 0.25) is 0 Å². The lowest BCUT2D eigenvalue weighted by Gasteiger charge is -2.23. The minimum atomic E-state index is -0.144. The maximum absolute atomic E-state index is 12.0. The van der Waals surface area contributed by atoms with Gasteiger partial charge in [0.25, 0.3) is 0 Å². The quantitative estimate of drug-likeness (QED) is 0.864. The molecule has 23 heavy (non-hydrogen) atoms. The van der Waals surface area contributed by atoms with Crippen LogP contribution in [0, 0.1) is 0 Å². The van der Waals surface area contributed by atoms with Crippen molar-refractivity contribution in [2.45, 2.75) is 69.5 Å². The number of aromatic nitrogens is 2. The first-order valence-corrected chi connectivity index (χ1v) is 8.89. The highest BCUT2D eigenvalue weighted by Crippen LogP contribution is 2.38. The SMILES string of the molecule is O=C(NCc1nc(C2CC2)no1)NC1CCN(C2CCCC2)C1. The van der Waals surface area contributed by atoms with Crippen LogP contribution in [0.25, 0.3) is 0 Å². The van der Waals surface area contributed by atoms with Crippen LogP contribution in [0.15, 0.2) is 4.52 Å². The largest absolute Gasteiger partial charge is 0.337 e. The van der Waals surface area contributed by atoms with Gasteiger partial charge in [-0.1, -0.05) is 18.0 Å². The van der Waals surface area contributed by atoms with Crippen LogP contribution in [0.4, 0.5) is 4.79 Å². The number of hydrogen-bond donors (Lipinski definition) is 2. The van der Waals surface area contributed by atoms with Gasteiger partial charge in [0.1, 0.15) is 0 Å². The van der Waals surface area contributed by atoms with E-state index in [0.717, 1.165) is 44.2 Å². The highest BCUT2D eigenvalue weighted by Gasteiger charge is 2.31. The summed E-state index contributed by atoms with van der Waals surface area (Å²) in [6.07, 6.45) is 8.67. The highest BCUT2D eigenvalue weighted by molar-refractivity contribution is 5.74. The van der Waals surface area contributed by atoms with Gasteiger partial charge in [-0.15, -0.1) is 0 Å². The van der Waals surface area contributed by atoms with E-state index in [1.54, 1.807) is 0 Å². The lowest BCUT2D eigenvalue weighted by Crippen LogP contribution is -2.43. The number of carbonyl (C=O) groups is 1. The summed E-state index contributed by atoms with van der Waals surface area (Å²) < 4.78 is 5.16. The van der Waals surface area contributed by atoms with Crippen molar-refractivity contribution in [3.05, 3.63) is 11.7 Å². The molecule has 2 N–H and O–H groups in total. The van der Waals surface area contributed by atoms with Crippen molar-refractivity contribution in [3.63, 3.8) is 0 Å². The molecule has 126 valence electrons. The molecule has 4 rings (SSSR count). The smallest absolute Gasteiger partial charge is 0.315 e. The summed E-state index contributed by atoms with van der Waals surface area (Å²) in [6.45, 7) is 2.37. The third kappa shape index (κ3) is 3.65. The number of carbonyl (C=O) groups excluding carboxylic acids is 1. The van der Waals surface area contributed by atoms with E-state index in [2.05, 4.69) is 25.7 Å². The Bertz CT molecular complexity index is 550. The van der Waals surface area contributed by atoms with Crippen molar-refractivity contribution in [2.75, 3.05) is 13.1 Å². The fraction of sp³-hybridized carbons (Fsp3) is 0.812. The van der Waals surface area contributed by atoms with E-state index in [0.29, 0.717) is 18.4 Å². The van der Waals surface area contributed by atoms with Crippen LogP contribution >= 0.6 is 0 Å². The topological polar surface area (TPSA) is 83.3 Å². The van der Waals surface area contributed by atoms with Crippen LogP contribution in [0.5, 0.6) is 0 Å². The molecule has 0 aromatic carbocycles. The number of nitrogens with one attached hydrogen (secondary N) is 2. The molecule has 1 aromatic heterocycles. The molecule has 1 atom stereocenters. The van der Waals surface area contributed by atoms with Crippen LogP contribution in [-0.2, 0) is 6.54 Å². The second kappa shape index (κ2) is 6.47. The van der Waals surface area contributed by atoms with Crippen molar-refractivity contribution in [1.82, 2.24) is 25.7 Å². The second-order valence-corrected chi connectivity index (χ2v) is 7.07. The van der Waals surface area contributed by atoms with E-state index in [4.69, 9.17) is 4.52 Å². The van der Waals surface area contributed by atoms with Gasteiger partial charge in [-0.05, 0) is 32.1 Å². The van der Waals surface area contributed by atoms with Gasteiger partial charge in [-0.3, -0.25) is 4.90 Å². The highest BCUT2D eigenvalue weighted by atomic mass is 16.5. The summed E-state index contributed by atoms with van der Waals surface area (Å²) >= 11 is 0. The predicted octanol–water partition coefficient (Wildman–Crippen LogP) is 1.76. The Hall–Kier alpha value is -1.63. The van der Waals surface area contributed by atoms with Gasteiger partial charge >= 0.3 is 6.03 Å². The monoisotopic (exact) mass is 319 g/mol. The van der Waals surface area contributed by atoms with Crippen LogP contribution in [0.1, 0.15) is 62.6 Å². The molecule has 1 aromatic rings. The Kier molecular flexibility index (Phi) is 4.20. The third-order valence-corrected chi connectivity index (χ3v) is 5.22. The molecule has 2 saturated carbocycles. The summed E-state index contributed by atoms with van der Waals surface area (Å²) in [7, 11) is 0. The number of amides is 2. The lowest BCUT2D eigenvalue weighted by atomic mass is 10.2. The molecular formula is C16H25N5O2. The zero-order chi connectivity index (χ0) is 15.6. The van der Waals surface area contributed by atoms with E-state index in [1.165, 1.54) is 25.7 Å². The molecular weight excluding hydrogens is 294 g/mol. The van der Waals surface area contributed by atoms with Crippen LogP contribution < -0.4 is 10.6 Å². The van der Waals surface area contributed by atoms with E-state index in [-0.39, 0.29) is 12.1 Å². The van der Waals surface area contributed by atoms with Gasteiger partial charge < -0.3 is 15.2 Å². The Morgan fingerprint density at radius 2 is 2.04 bits per heavy atom. The van der Waals surface area contributed by atoms with E-state index in [1.807, 2.05) is 0 Å². The van der Waals surface area contributed by atoms with Gasteiger partial charge in [0.05, 0.1) is 6.54 Å². The van der Waals surface area contributed by atoms with Gasteiger partial charge in [0.15, 0.2) is 5.82 Å². The molecule has 3 fully saturated rings. The fourth-order valence-electron chi connectivity index (χ4n) is 3.75. The van der Waals surface area contributed by atoms with Gasteiger partial charge in [0, 0.05) is 31.1 Å². The first kappa shape index (κ1) is 14.9. The third-order valence-electron chi connectivity index (χ3n) is 5.22. The summed E-state index contributed by atoms with van der Waals surface area (Å²) in [4.78, 5) is 18.9. The first-order valence-electron chi connectivity index (χ1n) is 8.89. The van der Waals surface area contributed by atoms with E-state index >= 15 is 0 Å². The van der Waals surface area contributed by atoms with Crippen molar-refractivity contribution < 1.29 is 9.32 Å². The Morgan fingerprint density at radius 1 is 1.22 bits per heavy atom. The molecule has 0 bridgehead atoms. The molecule has 1 saturated heterocycles. The Labute approximate surface area is 136 Å². The predicted molar refractivity (Wildman–Crippen MR) is 83.9 cm³/mol. The maximum atomic E-state index is 12.0. The van der Waals surface area contributed by atoms with E-state index in [9.17, 15) is 4.79 Å². The second-order valence-electron chi connectivity index (χ2n) is 7.07. The average molecular weight is 319 g/mol. The zero-order valence-corrected chi connectivity index (χ0v) is 13.5. The normalized spacial score (nSPS) is 25.8. The summed E-state index contributed by atoms with van der Waals surface area (Å²) in [6, 6.07) is 0.846. The minimum absolute atomic E-state index is 0.144. The fourth-order valence-corrected chi connectivity index (χ4v) is 3.75. The zero-order valence-electron chi connectivity index (χ0n) is 13.5. The standard InChI is InChI=1S/C16H25N5O2/c22-16(17-9-14-19-15(20-23-14)11-5-6-11)18-12-7-8-21(10-12)13-3-1-2-4-13/h11-13H,1-10H2,(H2,17,18,22). The number of likely N-dealkylation sites (tertiary alicyclic amines) is 1. The summed E-state index contributed by atoms with van der Waals surface area (Å²) in [5.74, 6) is 1.74. The van der Waals surface area contributed by atoms with Crippen molar-refractivity contribution in [1.29, 1.82) is 0 Å². The Balaban J connectivity index is 1.19. The molecule has 1 unspecified atom stereocenters. The summed E-state index contributed by atoms with van der Waals surface area (Å²) in [5, 5.41) is 9.83. The van der Waals surface area contributed by atoms with Gasteiger partial charge in [-0.25, -0.2) is 4.79 Å². The van der Waals surface area contributed by atoms with Crippen molar-refractivity contribution in [3.8, 4) is 0 Å². The number of hydrogen-bond acceptors (Lipinski definition) is 5. The van der Waals surface area contributed by atoms with Gasteiger partial charge in [0.2, 0.25) is 5.89 Å². The Morgan fingerprint density at radius 3 is 2.83 bits per heavy atom. The van der Waals surface area contributed by atoms with Crippen LogP contribution in [-0.4, -0.2) is 46.2 Å². The minimum Gasteiger partial charge on any atom is -0.337 e. The van der Waals surface area contributed by atoms with Crippen LogP contribution in [0.3, 0.4) is 0 Å². The molecule has 7 nitrogen and oxygen atoms in total. The van der Waals surface area contributed by atoms with Crippen molar-refractivity contribution >= 4 is 6.03 Å². The number of rotatable bonds is 5. The molecule has 2 aliphatic carbocycles. The number of urea groups is 1. The molecule has 7 heteroatoms. The summed E-state index contributed by atoms with van der Waals surface area (Å²) in [5.41, 5.74) is 0. The number of nitrogens with zero attached hydrogens (tertiary/aromatic N) is 3. The maximum Gasteiger partial charge on any atom is 0.315 e. The molecule has 1 aliphatic heterocycles. The molecule has 0 spiro atoms. The molecule has 2 heterocycles. The molecule has 3 aliphatic rings. The van der Waals surface area contributed by atoms with Crippen molar-refractivity contribution in [2.24, 2.45) is 0 Å².